The van der Waals surface area contributed by atoms with Crippen LogP contribution in [-0.2, 0) is 4.79 Å². The van der Waals surface area contributed by atoms with E-state index in [-0.39, 0.29) is 23.1 Å². The molecule has 19 heavy (non-hydrogen) atoms. The molecular formula is C14H12FNO2S. The second kappa shape index (κ2) is 6.24. The number of anilines is 1. The molecule has 0 aromatic heterocycles. The number of hydrogen-bond acceptors (Lipinski definition) is 3. The zero-order valence-electron chi connectivity index (χ0n) is 9.97. The smallest absolute Gasteiger partial charge is 0.234 e. The Balaban J connectivity index is 1.92. The normalized spacial score (nSPS) is 10.2. The van der Waals surface area contributed by atoms with Crippen molar-refractivity contribution >= 4 is 23.4 Å². The average molecular weight is 277 g/mol. The number of amides is 1. The second-order valence-corrected chi connectivity index (χ2v) is 4.80. The molecule has 0 saturated carbocycles. The molecule has 0 heterocycles. The van der Waals surface area contributed by atoms with Crippen molar-refractivity contribution in [3.05, 3.63) is 54.3 Å². The monoisotopic (exact) mass is 277 g/mol. The largest absolute Gasteiger partial charge is 0.507 e. The van der Waals surface area contributed by atoms with Crippen LogP contribution < -0.4 is 5.32 Å². The Hall–Kier alpha value is -2.01. The molecule has 2 aromatic rings. The maximum absolute atomic E-state index is 13.3. The summed E-state index contributed by atoms with van der Waals surface area (Å²) in [7, 11) is 0. The molecule has 98 valence electrons. The molecule has 0 saturated heterocycles. The highest BCUT2D eigenvalue weighted by molar-refractivity contribution is 8.00. The van der Waals surface area contributed by atoms with Gasteiger partial charge in [-0.1, -0.05) is 24.3 Å². The van der Waals surface area contributed by atoms with Crippen LogP contribution in [0.3, 0.4) is 0 Å². The van der Waals surface area contributed by atoms with Gasteiger partial charge in [0, 0.05) is 4.90 Å². The van der Waals surface area contributed by atoms with Gasteiger partial charge >= 0.3 is 0 Å². The van der Waals surface area contributed by atoms with E-state index in [1.807, 2.05) is 0 Å². The van der Waals surface area contributed by atoms with Crippen molar-refractivity contribution in [2.24, 2.45) is 0 Å². The molecule has 1 amide bonds. The van der Waals surface area contributed by atoms with E-state index in [0.717, 1.165) is 0 Å². The van der Waals surface area contributed by atoms with Crippen LogP contribution in [0.15, 0.2) is 53.4 Å². The van der Waals surface area contributed by atoms with E-state index in [0.29, 0.717) is 4.90 Å². The van der Waals surface area contributed by atoms with Gasteiger partial charge in [-0.05, 0) is 24.3 Å². The molecule has 2 aromatic carbocycles. The molecule has 0 aliphatic rings. The minimum absolute atomic E-state index is 0.103. The number of phenolic OH excluding ortho intramolecular Hbond substituents is 1. The maximum atomic E-state index is 13.3. The summed E-state index contributed by atoms with van der Waals surface area (Å²) in [5.74, 6) is -0.556. The summed E-state index contributed by atoms with van der Waals surface area (Å²) in [5.41, 5.74) is 0.158. The topological polar surface area (TPSA) is 49.3 Å². The molecule has 2 rings (SSSR count). The number of carbonyl (C=O) groups excluding carboxylic acids is 1. The van der Waals surface area contributed by atoms with Gasteiger partial charge in [0.1, 0.15) is 11.6 Å². The highest BCUT2D eigenvalue weighted by atomic mass is 32.2. The summed E-state index contributed by atoms with van der Waals surface area (Å²) in [6, 6.07) is 12.7. The lowest BCUT2D eigenvalue weighted by Crippen LogP contribution is -2.14. The first-order chi connectivity index (χ1) is 9.16. The number of phenols is 1. The fourth-order valence-electron chi connectivity index (χ4n) is 1.47. The van der Waals surface area contributed by atoms with Gasteiger partial charge in [-0.3, -0.25) is 4.79 Å². The van der Waals surface area contributed by atoms with Crippen molar-refractivity contribution in [2.45, 2.75) is 4.90 Å². The van der Waals surface area contributed by atoms with E-state index in [9.17, 15) is 14.3 Å². The minimum Gasteiger partial charge on any atom is -0.507 e. The second-order valence-electron chi connectivity index (χ2n) is 3.78. The van der Waals surface area contributed by atoms with Crippen molar-refractivity contribution < 1.29 is 14.3 Å². The molecule has 0 spiro atoms. The van der Waals surface area contributed by atoms with Crippen LogP contribution in [0.1, 0.15) is 0 Å². The van der Waals surface area contributed by atoms with Gasteiger partial charge in [0.05, 0.1) is 11.4 Å². The zero-order valence-corrected chi connectivity index (χ0v) is 10.8. The SMILES string of the molecule is O=C(CSc1ccccc1O)Nc1ccccc1F. The third-order valence-corrected chi connectivity index (χ3v) is 3.43. The van der Waals surface area contributed by atoms with E-state index in [4.69, 9.17) is 0 Å². The number of aromatic hydroxyl groups is 1. The summed E-state index contributed by atoms with van der Waals surface area (Å²) in [5, 5.41) is 12.0. The number of para-hydroxylation sites is 2. The summed E-state index contributed by atoms with van der Waals surface area (Å²) >= 11 is 1.20. The van der Waals surface area contributed by atoms with Crippen molar-refractivity contribution in [2.75, 3.05) is 11.1 Å². The van der Waals surface area contributed by atoms with E-state index in [1.54, 1.807) is 36.4 Å². The maximum Gasteiger partial charge on any atom is 0.234 e. The van der Waals surface area contributed by atoms with E-state index in [2.05, 4.69) is 5.32 Å². The molecular weight excluding hydrogens is 265 g/mol. The van der Waals surface area contributed by atoms with Gasteiger partial charge in [-0.2, -0.15) is 0 Å². The Morgan fingerprint density at radius 3 is 2.58 bits per heavy atom. The number of thioether (sulfide) groups is 1. The lowest BCUT2D eigenvalue weighted by Gasteiger charge is -2.06. The van der Waals surface area contributed by atoms with Crippen LogP contribution in [0.2, 0.25) is 0 Å². The summed E-state index contributed by atoms with van der Waals surface area (Å²) in [4.78, 5) is 12.3. The summed E-state index contributed by atoms with van der Waals surface area (Å²) in [6.07, 6.45) is 0. The van der Waals surface area contributed by atoms with Gasteiger partial charge in [-0.25, -0.2) is 4.39 Å². The molecule has 0 atom stereocenters. The van der Waals surface area contributed by atoms with Crippen LogP contribution in [0.5, 0.6) is 5.75 Å². The lowest BCUT2D eigenvalue weighted by molar-refractivity contribution is -0.113. The Morgan fingerprint density at radius 1 is 1.16 bits per heavy atom. The molecule has 3 nitrogen and oxygen atoms in total. The van der Waals surface area contributed by atoms with E-state index >= 15 is 0 Å². The minimum atomic E-state index is -0.469. The first-order valence-corrected chi connectivity index (χ1v) is 6.60. The number of rotatable bonds is 4. The Bertz CT molecular complexity index is 589. The molecule has 0 fully saturated rings. The van der Waals surface area contributed by atoms with Crippen molar-refractivity contribution in [1.82, 2.24) is 0 Å². The first kappa shape index (κ1) is 13.4. The molecule has 5 heteroatoms. The molecule has 2 N–H and O–H groups in total. The Morgan fingerprint density at radius 2 is 1.84 bits per heavy atom. The highest BCUT2D eigenvalue weighted by Gasteiger charge is 2.08. The quantitative estimate of drug-likeness (QED) is 0.843. The van der Waals surface area contributed by atoms with Gasteiger partial charge < -0.3 is 10.4 Å². The van der Waals surface area contributed by atoms with Crippen LogP contribution in [-0.4, -0.2) is 16.8 Å². The molecule has 0 bridgehead atoms. The van der Waals surface area contributed by atoms with Crippen molar-refractivity contribution in [3.63, 3.8) is 0 Å². The standard InChI is InChI=1S/C14H12FNO2S/c15-10-5-1-2-6-11(10)16-14(18)9-19-13-8-4-3-7-12(13)17/h1-8,17H,9H2,(H,16,18). The number of carbonyl (C=O) groups is 1. The van der Waals surface area contributed by atoms with Crippen LogP contribution in [0, 0.1) is 5.82 Å². The molecule has 0 radical (unpaired) electrons. The number of halogens is 1. The Kier molecular flexibility index (Phi) is 4.41. The molecule has 0 unspecified atom stereocenters. The van der Waals surface area contributed by atoms with Crippen LogP contribution >= 0.6 is 11.8 Å². The molecule has 0 aliphatic carbocycles. The number of nitrogens with one attached hydrogen (secondary N) is 1. The lowest BCUT2D eigenvalue weighted by atomic mass is 10.3. The summed E-state index contributed by atoms with van der Waals surface area (Å²) < 4.78 is 13.3. The van der Waals surface area contributed by atoms with Gasteiger partial charge in [-0.15, -0.1) is 11.8 Å². The third-order valence-electron chi connectivity index (χ3n) is 2.37. The van der Waals surface area contributed by atoms with E-state index in [1.165, 1.54) is 23.9 Å². The first-order valence-electron chi connectivity index (χ1n) is 5.62. The van der Waals surface area contributed by atoms with Crippen molar-refractivity contribution in [3.8, 4) is 5.75 Å². The van der Waals surface area contributed by atoms with Crippen molar-refractivity contribution in [1.29, 1.82) is 0 Å². The summed E-state index contributed by atoms with van der Waals surface area (Å²) in [6.45, 7) is 0. The van der Waals surface area contributed by atoms with Crippen LogP contribution in [0.4, 0.5) is 10.1 Å². The highest BCUT2D eigenvalue weighted by Crippen LogP contribution is 2.27. The third kappa shape index (κ3) is 3.72. The molecule has 0 aliphatic heterocycles. The number of hydrogen-bond donors (Lipinski definition) is 2. The number of benzene rings is 2. The van der Waals surface area contributed by atoms with E-state index < -0.39 is 5.82 Å². The van der Waals surface area contributed by atoms with Gasteiger partial charge in [0.25, 0.3) is 0 Å². The Labute approximate surface area is 114 Å². The average Bonchev–Trinajstić information content (AvgIpc) is 2.40. The fourth-order valence-corrected chi connectivity index (χ4v) is 2.22. The van der Waals surface area contributed by atoms with Gasteiger partial charge in [0.15, 0.2) is 0 Å². The fraction of sp³-hybridized carbons (Fsp3) is 0.0714. The predicted octanol–water partition coefficient (Wildman–Crippen LogP) is 3.26. The van der Waals surface area contributed by atoms with Crippen LogP contribution in [0.25, 0.3) is 0 Å². The van der Waals surface area contributed by atoms with Gasteiger partial charge in [0.2, 0.25) is 5.91 Å². The zero-order chi connectivity index (χ0) is 13.7. The predicted molar refractivity (Wildman–Crippen MR) is 73.9 cm³/mol.